The molecule has 6 heterocycles. The van der Waals surface area contributed by atoms with Gasteiger partial charge in [0.05, 0.1) is 150 Å². The van der Waals surface area contributed by atoms with Crippen LogP contribution in [0.25, 0.3) is 38.6 Å². The number of aliphatic hydroxyl groups excluding tert-OH is 2. The van der Waals surface area contributed by atoms with Gasteiger partial charge in [-0.3, -0.25) is 39.5 Å². The van der Waals surface area contributed by atoms with Crippen molar-refractivity contribution in [2.45, 2.75) is 249 Å². The Labute approximate surface area is 938 Å². The first-order chi connectivity index (χ1) is 69.1. The summed E-state index contributed by atoms with van der Waals surface area (Å²) in [5.74, 6) is -0.225. The molecule has 1 aliphatic heterocycles. The maximum absolute atomic E-state index is 13.8. The molecular formula is C113H120BBr3Cl2F3KN14O9Si. The first-order valence-electron chi connectivity index (χ1n) is 48.3. The van der Waals surface area contributed by atoms with Gasteiger partial charge in [-0.25, -0.2) is 26.5 Å². The zero-order chi connectivity index (χ0) is 105. The van der Waals surface area contributed by atoms with Crippen LogP contribution in [0.1, 0.15) is 225 Å². The van der Waals surface area contributed by atoms with Crippen molar-refractivity contribution in [1.82, 2.24) is 49.8 Å². The van der Waals surface area contributed by atoms with Gasteiger partial charge in [0.15, 0.2) is 0 Å². The quantitative estimate of drug-likeness (QED) is 0.0313. The summed E-state index contributed by atoms with van der Waals surface area (Å²) in [4.78, 5) is 71.4. The fourth-order valence-electron chi connectivity index (χ4n) is 17.7. The maximum Gasteiger partial charge on any atom is 1.00 e. The van der Waals surface area contributed by atoms with Crippen molar-refractivity contribution in [2.24, 2.45) is 5.92 Å². The molecular weight excluding hydrogens is 2140 g/mol. The van der Waals surface area contributed by atoms with Gasteiger partial charge in [-0.15, -0.1) is 0 Å². The number of anilines is 1. The van der Waals surface area contributed by atoms with E-state index in [1.165, 1.54) is 29.7 Å². The van der Waals surface area contributed by atoms with Crippen LogP contribution in [-0.4, -0.2) is 109 Å². The maximum atomic E-state index is 13.8. The molecule has 34 heteroatoms. The number of rotatable bonds is 20. The molecule has 147 heavy (non-hydrogen) atoms. The molecule has 8 aromatic carbocycles. The molecule has 5 aromatic heterocycles. The first kappa shape index (κ1) is 119. The molecule has 0 unspecified atom stereocenters. The first-order valence-corrected chi connectivity index (χ1v) is 53.3. The predicted molar refractivity (Wildman–Crippen MR) is 577 cm³/mol. The van der Waals surface area contributed by atoms with E-state index in [0.29, 0.717) is 58.3 Å². The van der Waals surface area contributed by atoms with Crippen LogP contribution in [0.3, 0.4) is 0 Å². The number of aromatic nitrogens is 10. The van der Waals surface area contributed by atoms with Gasteiger partial charge in [0, 0.05) is 57.6 Å². The summed E-state index contributed by atoms with van der Waals surface area (Å²) >= 11 is 21.0. The number of ketones is 1. The number of nitrogens with zero attached hydrogens (tertiary/aromatic N) is 13. The fraction of sp³-hybridized carbons (Fsp3) is 0.354. The molecule has 760 valence electrons. The second-order valence-electron chi connectivity index (χ2n) is 39.1. The van der Waals surface area contributed by atoms with Crippen molar-refractivity contribution in [3.63, 3.8) is 0 Å². The number of carbonyl (C=O) groups excluding carboxylic acids is 1. The molecule has 1 saturated heterocycles. The van der Waals surface area contributed by atoms with Crippen molar-refractivity contribution in [2.75, 3.05) is 5.73 Å². The van der Waals surface area contributed by atoms with E-state index in [4.69, 9.17) is 54.5 Å². The standard InChI is InChI=1S/C30H36BF3O3Si.C24H23ClN2O2.C18H19N3.C17H18N2O3.C9H8BrN3.C6H6ClN.C5H7N.C4H2Br2N2.K.H2O/c1-27(2,3)38(24-14-10-8-11-15-24,25-16-12-9-13-17-25)35-21-22-20-23(30(32,33)34)18-19-26(22)31-36-28(4,5)29(6,7)37-31;1-16-3-8-20(18(11-16)15-28)21-13-27-22(14-26-21)24(9-2-10-24)23(29)12-17-4-6-19(25)7-5-17;1-3-14-9-13(2)5-6-15(14)16-10-21-17(11-20-16)18(12-19)7-4-8-18;1-11-3-4-13(12(7-11)10-20)14-8-19-15(9-18-14)17(16(21)22)5-2-6-17;1-11-9(3-2-4-9)7-5-13-8(10)6-12-7;7-5-1-3-6(8)4-2-5;6-4-5-2-1-3-5;5-3-1-7-4(6)2-8-3;;/h8-20H,21H2,1-7H3;3-8,11,13-14,28H,2,9-10,12,15H2,1H3;5-6,9-11H,3-4,7-8H2,1-2H3;3-4,7-9,20H,2,5-6,10H2,1H3,(H,21,22);5-6H,2-4H2;1-4H,8H2;5H,1-3H2;1-2H;;1H2/q;;;;;;;;+1;/p-1. The van der Waals surface area contributed by atoms with Crippen LogP contribution < -0.4 is 73.0 Å². The van der Waals surface area contributed by atoms with Gasteiger partial charge in [-0.1, -0.05) is 226 Å². The van der Waals surface area contributed by atoms with Crippen molar-refractivity contribution >= 4 is 120 Å². The van der Waals surface area contributed by atoms with E-state index < -0.39 is 55.2 Å². The van der Waals surface area contributed by atoms with Gasteiger partial charge in [0.1, 0.15) is 36.1 Å². The fourth-order valence-corrected chi connectivity index (χ4v) is 23.1. The normalized spacial score (nSPS) is 15.8. The van der Waals surface area contributed by atoms with Crippen LogP contribution >= 0.6 is 71.0 Å². The molecule has 0 amide bonds. The average Bonchev–Trinajstić information content (AvgIpc) is 1.23. The number of aliphatic carboxylic acids is 1. The van der Waals surface area contributed by atoms with Crippen LogP contribution in [0, 0.1) is 55.9 Å². The molecule has 0 bridgehead atoms. The van der Waals surface area contributed by atoms with Gasteiger partial charge < -0.3 is 45.1 Å². The number of carboxylic acid groups (broad SMARTS) is 1. The number of nitrogen functional groups attached to an aromatic ring is 1. The van der Waals surface area contributed by atoms with Crippen molar-refractivity contribution in [3.05, 3.63) is 352 Å². The summed E-state index contributed by atoms with van der Waals surface area (Å²) in [6.07, 6.45) is 27.9. The molecule has 0 spiro atoms. The van der Waals surface area contributed by atoms with Crippen LogP contribution in [0.2, 0.25) is 15.1 Å². The van der Waals surface area contributed by atoms with Crippen LogP contribution in [0.5, 0.6) is 0 Å². The molecule has 6 fully saturated rings. The minimum absolute atomic E-state index is 0. The number of aryl methyl sites for hydroxylation is 4. The minimum atomic E-state index is -4.49. The Bertz CT molecular complexity index is 6550. The summed E-state index contributed by atoms with van der Waals surface area (Å²) in [6, 6.07) is 61.0. The van der Waals surface area contributed by atoms with E-state index in [-0.39, 0.29) is 98.5 Å². The van der Waals surface area contributed by atoms with Gasteiger partial charge in [0.25, 0.3) is 13.9 Å². The molecule has 6 aliphatic rings. The van der Waals surface area contributed by atoms with E-state index in [1.54, 1.807) is 80.0 Å². The zero-order valence-corrected chi connectivity index (χ0v) is 95.0. The smallest absolute Gasteiger partial charge is 0.870 e. The number of alkyl halides is 3. The molecule has 0 atom stereocenters. The summed E-state index contributed by atoms with van der Waals surface area (Å²) in [6.45, 7) is 29.3. The topological polar surface area (TPSA) is 359 Å². The Kier molecular flexibility index (Phi) is 43.0. The summed E-state index contributed by atoms with van der Waals surface area (Å²) in [5.41, 5.74) is 18.2. The number of benzene rings is 8. The molecule has 13 aromatic rings. The van der Waals surface area contributed by atoms with Crippen LogP contribution in [-0.2, 0) is 83.9 Å². The van der Waals surface area contributed by atoms with Crippen molar-refractivity contribution < 1.29 is 109 Å². The van der Waals surface area contributed by atoms with E-state index in [0.717, 1.165) is 192 Å². The Morgan fingerprint density at radius 3 is 1.29 bits per heavy atom. The zero-order valence-electron chi connectivity index (χ0n) is 84.6. The molecule has 0 radical (unpaired) electrons. The number of halogens is 8. The molecule has 5 saturated carbocycles. The third kappa shape index (κ3) is 29.5. The van der Waals surface area contributed by atoms with E-state index >= 15 is 0 Å². The van der Waals surface area contributed by atoms with E-state index in [2.05, 4.69) is 192 Å². The number of carbonyl (C=O) groups is 2. The number of hydrogen-bond acceptors (Lipinski definition) is 21. The number of nitrogens with two attached hydrogens (primary N) is 1. The molecule has 23 nitrogen and oxygen atoms in total. The number of aliphatic hydroxyl groups is 2. The summed E-state index contributed by atoms with van der Waals surface area (Å²) < 4.78 is 63.1. The van der Waals surface area contributed by atoms with E-state index in [1.807, 2.05) is 145 Å². The third-order valence-corrected chi connectivity index (χ3v) is 34.6. The third-order valence-electron chi connectivity index (χ3n) is 27.9. The summed E-state index contributed by atoms with van der Waals surface area (Å²) in [5, 5.41) is 49.3. The number of nitriles is 2. The van der Waals surface area contributed by atoms with Crippen LogP contribution in [0.15, 0.2) is 258 Å². The Morgan fingerprint density at radius 1 is 0.537 bits per heavy atom. The molecule has 6 N–H and O–H groups in total. The molecule has 19 rings (SSSR count). The summed E-state index contributed by atoms with van der Waals surface area (Å²) in [7, 11) is -3.78. The van der Waals surface area contributed by atoms with E-state index in [9.17, 15) is 43.3 Å². The van der Waals surface area contributed by atoms with Gasteiger partial charge in [-0.2, -0.15) is 23.7 Å². The van der Waals surface area contributed by atoms with Gasteiger partial charge in [0.2, 0.25) is 0 Å². The Morgan fingerprint density at radius 2 is 0.952 bits per heavy atom. The SMILES string of the molecule is Brc1cnc(Br)cn1.CC1(C)OB(c2ccc(C(F)(F)F)cc2CO[Si](c2ccccc2)(c2ccccc2)C(C)(C)C)OC1(C)C.CCc1cc(C)ccc1-c1cnc(C2(C#N)CCC2)cn1.Cc1ccc(-c2cnc(C3(C(=O)Cc4ccc(Cl)cc4)CCC3)cn2)c(CO)c1.Cc1ccc(-c2cnc(C3(C(=O)O)CCC3)cn2)c(CO)c1.N#CC1CCC1.Nc1ccc(Cl)cc1.[C-]#[N+]C1(c2cnc(Br)cn2)CCC1.[K+].[OH-]. The van der Waals surface area contributed by atoms with Gasteiger partial charge >= 0.3 is 70.6 Å². The Hall–Kier alpha value is -9.94. The largest absolute Gasteiger partial charge is 1.00 e. The number of carboxylic acids is 1. The second kappa shape index (κ2) is 53.2. The second-order valence-corrected chi connectivity index (χ2v) is 46.7. The van der Waals surface area contributed by atoms with Crippen molar-refractivity contribution in [3.8, 4) is 45.9 Å². The monoisotopic (exact) mass is 2260 g/mol. The average molecular weight is 2260 g/mol. The number of Topliss-reactive ketones (excluding diaryl/α,β-unsaturated/α-hetero) is 1. The van der Waals surface area contributed by atoms with Crippen molar-refractivity contribution in [1.29, 1.82) is 10.5 Å². The Balaban J connectivity index is 0.000000182. The minimum Gasteiger partial charge on any atom is -0.870 e. The number of hydrogen-bond donors (Lipinski definition) is 4. The van der Waals surface area contributed by atoms with Gasteiger partial charge in [-0.05, 0) is 258 Å². The molecule has 5 aliphatic carbocycles. The predicted octanol–water partition coefficient (Wildman–Crippen LogP) is 21.9. The van der Waals surface area contributed by atoms with Crippen LogP contribution in [0.4, 0.5) is 18.9 Å².